The molecule has 4 aromatic carbocycles. The number of carbonyl (C=O) groups is 1. The predicted molar refractivity (Wildman–Crippen MR) is 154 cm³/mol. The van der Waals surface area contributed by atoms with Gasteiger partial charge in [0.15, 0.2) is 5.75 Å². The highest BCUT2D eigenvalue weighted by Crippen LogP contribution is 2.36. The highest BCUT2D eigenvalue weighted by atomic mass is 35.5. The minimum atomic E-state index is -3.71. The molecule has 1 amide bonds. The van der Waals surface area contributed by atoms with E-state index < -0.39 is 10.0 Å². The van der Waals surface area contributed by atoms with Crippen LogP contribution in [0.3, 0.4) is 0 Å². The average Bonchev–Trinajstić information content (AvgIpc) is 2.93. The van der Waals surface area contributed by atoms with Crippen molar-refractivity contribution in [3.63, 3.8) is 0 Å². The van der Waals surface area contributed by atoms with Gasteiger partial charge < -0.3 is 14.8 Å². The second-order valence-electron chi connectivity index (χ2n) is 8.79. The molecule has 4 aromatic rings. The first-order valence-corrected chi connectivity index (χ1v) is 14.5. The van der Waals surface area contributed by atoms with Crippen LogP contribution in [0.2, 0.25) is 5.02 Å². The number of sulfonamides is 1. The molecule has 0 spiro atoms. The molecular weight excluding hydrogens is 536 g/mol. The molecule has 0 aliphatic carbocycles. The topological polar surface area (TPSA) is 84.9 Å². The lowest BCUT2D eigenvalue weighted by Crippen LogP contribution is -2.30. The number of hydrogen-bond donors (Lipinski definition) is 1. The molecule has 0 heterocycles. The Bertz CT molecular complexity index is 1480. The van der Waals surface area contributed by atoms with E-state index in [1.54, 1.807) is 54.6 Å². The highest BCUT2D eigenvalue weighted by Gasteiger charge is 2.23. The number of hydrogen-bond acceptors (Lipinski definition) is 5. The molecule has 0 saturated heterocycles. The maximum atomic E-state index is 12.8. The van der Waals surface area contributed by atoms with Crippen molar-refractivity contribution in [2.75, 3.05) is 23.7 Å². The number of nitrogens with one attached hydrogen (secondary N) is 1. The molecule has 0 aromatic heterocycles. The van der Waals surface area contributed by atoms with Crippen LogP contribution in [0.15, 0.2) is 103 Å². The molecule has 0 saturated carbocycles. The van der Waals surface area contributed by atoms with Gasteiger partial charge in [-0.25, -0.2) is 8.42 Å². The van der Waals surface area contributed by atoms with Crippen molar-refractivity contribution < 1.29 is 22.7 Å². The van der Waals surface area contributed by atoms with Crippen LogP contribution in [0, 0.1) is 0 Å². The van der Waals surface area contributed by atoms with Crippen LogP contribution in [0.25, 0.3) is 0 Å². The number of para-hydroxylation sites is 1. The van der Waals surface area contributed by atoms with Gasteiger partial charge in [-0.3, -0.25) is 9.10 Å². The van der Waals surface area contributed by atoms with Crippen molar-refractivity contribution in [3.8, 4) is 11.5 Å². The maximum Gasteiger partial charge on any atom is 0.251 e. The molecule has 0 aliphatic rings. The van der Waals surface area contributed by atoms with E-state index in [1.807, 2.05) is 48.5 Å². The molecule has 0 unspecified atom stereocenters. The second kappa shape index (κ2) is 13.3. The van der Waals surface area contributed by atoms with Gasteiger partial charge in [0.05, 0.1) is 31.7 Å². The van der Waals surface area contributed by atoms with Crippen LogP contribution in [0.4, 0.5) is 5.69 Å². The smallest absolute Gasteiger partial charge is 0.251 e. The van der Waals surface area contributed by atoms with E-state index in [4.69, 9.17) is 21.1 Å². The monoisotopic (exact) mass is 564 g/mol. The number of benzene rings is 4. The van der Waals surface area contributed by atoms with Gasteiger partial charge in [0.2, 0.25) is 10.0 Å². The van der Waals surface area contributed by atoms with E-state index in [2.05, 4.69) is 5.32 Å². The fraction of sp³-hybridized carbons (Fsp3) is 0.167. The second-order valence-corrected chi connectivity index (χ2v) is 11.1. The molecule has 4 rings (SSSR count). The zero-order chi connectivity index (χ0) is 27.7. The fourth-order valence-corrected chi connectivity index (χ4v) is 4.85. The highest BCUT2D eigenvalue weighted by molar-refractivity contribution is 7.92. The van der Waals surface area contributed by atoms with E-state index >= 15 is 0 Å². The summed E-state index contributed by atoms with van der Waals surface area (Å²) in [5, 5.41) is 3.20. The number of ether oxygens (including phenoxy) is 2. The van der Waals surface area contributed by atoms with E-state index in [0.717, 1.165) is 11.8 Å². The molecule has 9 heteroatoms. The average molecular weight is 565 g/mol. The van der Waals surface area contributed by atoms with E-state index in [-0.39, 0.29) is 12.5 Å². The first kappa shape index (κ1) is 28.2. The molecule has 0 atom stereocenters. The van der Waals surface area contributed by atoms with Gasteiger partial charge in [0.1, 0.15) is 5.75 Å². The summed E-state index contributed by atoms with van der Waals surface area (Å²) in [5.41, 5.74) is 2.53. The lowest BCUT2D eigenvalue weighted by atomic mass is 10.1. The van der Waals surface area contributed by atoms with Gasteiger partial charge in [0.25, 0.3) is 5.91 Å². The minimum absolute atomic E-state index is 0.0273. The Morgan fingerprint density at radius 3 is 2.21 bits per heavy atom. The summed E-state index contributed by atoms with van der Waals surface area (Å²) in [4.78, 5) is 12.5. The number of amides is 1. The van der Waals surface area contributed by atoms with Gasteiger partial charge in [-0.1, -0.05) is 72.3 Å². The van der Waals surface area contributed by atoms with E-state index in [0.29, 0.717) is 53.1 Å². The van der Waals surface area contributed by atoms with Crippen molar-refractivity contribution in [1.82, 2.24) is 5.32 Å². The Morgan fingerprint density at radius 2 is 1.54 bits per heavy atom. The van der Waals surface area contributed by atoms with Gasteiger partial charge in [-0.15, -0.1) is 0 Å². The van der Waals surface area contributed by atoms with Gasteiger partial charge in [0, 0.05) is 17.1 Å². The molecule has 1 N–H and O–H groups in total. The summed E-state index contributed by atoms with van der Waals surface area (Å²) < 4.78 is 38.5. The molecule has 0 aliphatic heterocycles. The Balaban J connectivity index is 1.41. The lowest BCUT2D eigenvalue weighted by Gasteiger charge is -2.25. The number of rotatable bonds is 12. The van der Waals surface area contributed by atoms with E-state index in [1.165, 1.54) is 4.31 Å². The SMILES string of the molecule is CS(=O)(=O)N(Cc1ccc(C(=O)NCCOCc2ccccc2)cc1)c1cc(Cl)ccc1Oc1ccccc1. The van der Waals surface area contributed by atoms with Gasteiger partial charge >= 0.3 is 0 Å². The third-order valence-corrected chi connectivity index (χ3v) is 7.11. The molecule has 0 bridgehead atoms. The number of carbonyl (C=O) groups excluding carboxylic acids is 1. The van der Waals surface area contributed by atoms with Crippen LogP contribution in [-0.4, -0.2) is 33.7 Å². The van der Waals surface area contributed by atoms with E-state index in [9.17, 15) is 13.2 Å². The summed E-state index contributed by atoms with van der Waals surface area (Å²) in [6, 6.07) is 30.5. The van der Waals surface area contributed by atoms with Crippen molar-refractivity contribution in [1.29, 1.82) is 0 Å². The van der Waals surface area contributed by atoms with Crippen LogP contribution in [0.1, 0.15) is 21.5 Å². The van der Waals surface area contributed by atoms with Gasteiger partial charge in [-0.05, 0) is 53.6 Å². The van der Waals surface area contributed by atoms with Crippen LogP contribution < -0.4 is 14.4 Å². The maximum absolute atomic E-state index is 12.8. The summed E-state index contributed by atoms with van der Waals surface area (Å²) in [7, 11) is -3.71. The molecule has 202 valence electrons. The first-order valence-electron chi connectivity index (χ1n) is 12.3. The number of halogens is 1. The third kappa shape index (κ3) is 8.32. The Labute approximate surface area is 234 Å². The summed E-state index contributed by atoms with van der Waals surface area (Å²) in [5.74, 6) is 0.676. The Hall–Kier alpha value is -3.85. The Kier molecular flexibility index (Phi) is 9.59. The lowest BCUT2D eigenvalue weighted by molar-refractivity contribution is 0.0901. The molecular formula is C30H29ClN2O5S. The molecule has 7 nitrogen and oxygen atoms in total. The van der Waals surface area contributed by atoms with Gasteiger partial charge in [-0.2, -0.15) is 0 Å². The normalized spacial score (nSPS) is 11.1. The summed E-state index contributed by atoms with van der Waals surface area (Å²) >= 11 is 6.23. The Morgan fingerprint density at radius 1 is 0.872 bits per heavy atom. The van der Waals surface area contributed by atoms with Crippen LogP contribution in [-0.2, 0) is 27.9 Å². The minimum Gasteiger partial charge on any atom is -0.455 e. The van der Waals surface area contributed by atoms with Crippen molar-refractivity contribution in [2.45, 2.75) is 13.2 Å². The zero-order valence-electron chi connectivity index (χ0n) is 21.4. The van der Waals surface area contributed by atoms with Crippen molar-refractivity contribution in [3.05, 3.63) is 125 Å². The molecule has 39 heavy (non-hydrogen) atoms. The summed E-state index contributed by atoms with van der Waals surface area (Å²) in [6.45, 7) is 1.26. The number of nitrogens with zero attached hydrogens (tertiary/aromatic N) is 1. The van der Waals surface area contributed by atoms with Crippen molar-refractivity contribution >= 4 is 33.2 Å². The zero-order valence-corrected chi connectivity index (χ0v) is 23.0. The van der Waals surface area contributed by atoms with Crippen LogP contribution >= 0.6 is 11.6 Å². The third-order valence-electron chi connectivity index (χ3n) is 5.75. The fourth-order valence-electron chi connectivity index (χ4n) is 3.80. The van der Waals surface area contributed by atoms with Crippen LogP contribution in [0.5, 0.6) is 11.5 Å². The largest absolute Gasteiger partial charge is 0.455 e. The standard InChI is InChI=1S/C30H29ClN2O5S/c1-39(35,36)33(28-20-26(31)16-17-29(28)38-27-10-6-3-7-11-27)21-23-12-14-25(15-13-23)30(34)32-18-19-37-22-24-8-4-2-5-9-24/h2-17,20H,18-19,21-22H2,1H3,(H,32,34). The van der Waals surface area contributed by atoms with Crippen molar-refractivity contribution in [2.24, 2.45) is 0 Å². The number of anilines is 1. The molecule has 0 fully saturated rings. The predicted octanol–water partition coefficient (Wildman–Crippen LogP) is 6.05. The summed E-state index contributed by atoms with van der Waals surface area (Å²) in [6.07, 6.45) is 1.13. The molecule has 0 radical (unpaired) electrons. The first-order chi connectivity index (χ1) is 18.8. The quantitative estimate of drug-likeness (QED) is 0.212.